The van der Waals surface area contributed by atoms with Crippen LogP contribution in [0.2, 0.25) is 0 Å². The van der Waals surface area contributed by atoms with Gasteiger partial charge in [-0.1, -0.05) is 44.0 Å². The quantitative estimate of drug-likeness (QED) is 0.597. The number of thiophene rings is 1. The smallest absolute Gasteiger partial charge is 0.328 e. The third kappa shape index (κ3) is 3.44. The molecule has 0 spiro atoms. The van der Waals surface area contributed by atoms with Crippen molar-refractivity contribution < 1.29 is 9.90 Å². The fourth-order valence-electron chi connectivity index (χ4n) is 2.21. The first kappa shape index (κ1) is 13.8. The predicted molar refractivity (Wildman–Crippen MR) is 81.6 cm³/mol. The van der Waals surface area contributed by atoms with E-state index in [1.54, 1.807) is 11.3 Å². The summed E-state index contributed by atoms with van der Waals surface area (Å²) in [6, 6.07) is 8.15. The van der Waals surface area contributed by atoms with E-state index >= 15 is 0 Å². The van der Waals surface area contributed by atoms with Crippen LogP contribution in [0.5, 0.6) is 0 Å². The molecule has 1 aromatic carbocycles. The van der Waals surface area contributed by atoms with Crippen molar-refractivity contribution in [2.45, 2.75) is 32.6 Å². The molecule has 0 saturated carbocycles. The summed E-state index contributed by atoms with van der Waals surface area (Å²) in [5, 5.41) is 13.5. The van der Waals surface area contributed by atoms with E-state index in [1.165, 1.54) is 11.5 Å². The van der Waals surface area contributed by atoms with Crippen molar-refractivity contribution in [3.8, 4) is 0 Å². The SMILES string of the molecule is CCCCCC(=CC(=O)O)c1scc2ccccc12. The molecule has 0 fully saturated rings. The average Bonchev–Trinajstić information content (AvgIpc) is 2.81. The van der Waals surface area contributed by atoms with E-state index in [0.29, 0.717) is 0 Å². The minimum Gasteiger partial charge on any atom is -0.478 e. The van der Waals surface area contributed by atoms with Crippen molar-refractivity contribution in [2.24, 2.45) is 0 Å². The fourth-order valence-corrected chi connectivity index (χ4v) is 3.28. The second-order valence-electron chi connectivity index (χ2n) is 4.62. The van der Waals surface area contributed by atoms with E-state index in [0.717, 1.165) is 41.5 Å². The van der Waals surface area contributed by atoms with Gasteiger partial charge in [0.2, 0.25) is 0 Å². The van der Waals surface area contributed by atoms with Crippen molar-refractivity contribution in [1.29, 1.82) is 0 Å². The third-order valence-corrected chi connectivity index (χ3v) is 4.24. The number of carbonyl (C=O) groups is 1. The summed E-state index contributed by atoms with van der Waals surface area (Å²) < 4.78 is 0. The number of rotatable bonds is 6. The fraction of sp³-hybridized carbons (Fsp3) is 0.312. The lowest BCUT2D eigenvalue weighted by Crippen LogP contribution is -1.92. The average molecular weight is 274 g/mol. The molecule has 0 aliphatic heterocycles. The maximum absolute atomic E-state index is 11.0. The lowest BCUT2D eigenvalue weighted by Gasteiger charge is -2.05. The summed E-state index contributed by atoms with van der Waals surface area (Å²) in [6.45, 7) is 2.15. The molecule has 19 heavy (non-hydrogen) atoms. The molecule has 2 rings (SSSR count). The Morgan fingerprint density at radius 2 is 2.11 bits per heavy atom. The third-order valence-electron chi connectivity index (χ3n) is 3.15. The molecule has 0 saturated heterocycles. The van der Waals surface area contributed by atoms with Crippen LogP contribution in [0.15, 0.2) is 35.7 Å². The Labute approximate surface area is 117 Å². The molecule has 0 aliphatic rings. The van der Waals surface area contributed by atoms with Crippen molar-refractivity contribution in [3.05, 3.63) is 40.6 Å². The first-order valence-electron chi connectivity index (χ1n) is 6.62. The molecule has 1 N–H and O–H groups in total. The molecular formula is C16H18O2S. The van der Waals surface area contributed by atoms with Gasteiger partial charge in [0.25, 0.3) is 0 Å². The highest BCUT2D eigenvalue weighted by atomic mass is 32.1. The Hall–Kier alpha value is -1.61. The highest BCUT2D eigenvalue weighted by Crippen LogP contribution is 2.34. The number of aliphatic carboxylic acids is 1. The second-order valence-corrected chi connectivity index (χ2v) is 5.50. The van der Waals surface area contributed by atoms with Gasteiger partial charge in [-0.2, -0.15) is 0 Å². The van der Waals surface area contributed by atoms with Crippen molar-refractivity contribution in [1.82, 2.24) is 0 Å². The molecule has 0 bridgehead atoms. The van der Waals surface area contributed by atoms with Crippen LogP contribution < -0.4 is 0 Å². The molecule has 2 nitrogen and oxygen atoms in total. The molecule has 100 valence electrons. The number of fused-ring (bicyclic) bond motifs is 1. The van der Waals surface area contributed by atoms with E-state index in [4.69, 9.17) is 5.11 Å². The van der Waals surface area contributed by atoms with Gasteiger partial charge in [0.15, 0.2) is 0 Å². The summed E-state index contributed by atoms with van der Waals surface area (Å²) >= 11 is 1.64. The number of hydrogen-bond acceptors (Lipinski definition) is 2. The first-order chi connectivity index (χ1) is 9.22. The topological polar surface area (TPSA) is 37.3 Å². The monoisotopic (exact) mass is 274 g/mol. The van der Waals surface area contributed by atoms with Crippen LogP contribution in [0, 0.1) is 0 Å². The largest absolute Gasteiger partial charge is 0.478 e. The Balaban J connectivity index is 2.34. The molecule has 2 aromatic rings. The molecule has 0 radical (unpaired) electrons. The van der Waals surface area contributed by atoms with Gasteiger partial charge < -0.3 is 5.11 Å². The van der Waals surface area contributed by atoms with E-state index in [2.05, 4.69) is 24.4 Å². The van der Waals surface area contributed by atoms with E-state index in [9.17, 15) is 4.79 Å². The Morgan fingerprint density at radius 1 is 1.32 bits per heavy atom. The van der Waals surface area contributed by atoms with Gasteiger partial charge in [0.05, 0.1) is 0 Å². The molecule has 0 unspecified atom stereocenters. The van der Waals surface area contributed by atoms with Crippen LogP contribution in [-0.2, 0) is 4.79 Å². The second kappa shape index (κ2) is 6.53. The molecule has 0 atom stereocenters. The molecule has 1 heterocycles. The van der Waals surface area contributed by atoms with Crippen LogP contribution in [0.3, 0.4) is 0 Å². The Bertz CT molecular complexity index is 596. The maximum Gasteiger partial charge on any atom is 0.328 e. The summed E-state index contributed by atoms with van der Waals surface area (Å²) in [5.41, 5.74) is 0.951. The van der Waals surface area contributed by atoms with Crippen LogP contribution in [-0.4, -0.2) is 11.1 Å². The maximum atomic E-state index is 11.0. The van der Waals surface area contributed by atoms with E-state index in [1.807, 2.05) is 12.1 Å². The predicted octanol–water partition coefficient (Wildman–Crippen LogP) is 4.95. The van der Waals surface area contributed by atoms with Crippen molar-refractivity contribution in [3.63, 3.8) is 0 Å². The zero-order valence-electron chi connectivity index (χ0n) is 11.1. The van der Waals surface area contributed by atoms with Gasteiger partial charge in [-0.3, -0.25) is 0 Å². The summed E-state index contributed by atoms with van der Waals surface area (Å²) in [4.78, 5) is 12.1. The number of allylic oxidation sites excluding steroid dienone is 1. The molecule has 1 aromatic heterocycles. The van der Waals surface area contributed by atoms with E-state index < -0.39 is 5.97 Å². The van der Waals surface area contributed by atoms with Gasteiger partial charge in [-0.05, 0) is 34.6 Å². The van der Waals surface area contributed by atoms with Crippen LogP contribution >= 0.6 is 11.3 Å². The highest BCUT2D eigenvalue weighted by molar-refractivity contribution is 7.12. The number of unbranched alkanes of at least 4 members (excludes halogenated alkanes) is 2. The van der Waals surface area contributed by atoms with Crippen LogP contribution in [0.4, 0.5) is 0 Å². The highest BCUT2D eigenvalue weighted by Gasteiger charge is 2.10. The number of benzene rings is 1. The minimum absolute atomic E-state index is 0.838. The summed E-state index contributed by atoms with van der Waals surface area (Å²) in [7, 11) is 0. The number of carboxylic acid groups (broad SMARTS) is 1. The van der Waals surface area contributed by atoms with Gasteiger partial charge in [0, 0.05) is 11.0 Å². The van der Waals surface area contributed by atoms with Crippen molar-refractivity contribution in [2.75, 3.05) is 0 Å². The van der Waals surface area contributed by atoms with E-state index in [-0.39, 0.29) is 0 Å². The lowest BCUT2D eigenvalue weighted by atomic mass is 10.0. The van der Waals surface area contributed by atoms with Crippen molar-refractivity contribution >= 4 is 33.7 Å². The first-order valence-corrected chi connectivity index (χ1v) is 7.50. The molecular weight excluding hydrogens is 256 g/mol. The van der Waals surface area contributed by atoms with Gasteiger partial charge in [0.1, 0.15) is 0 Å². The number of carboxylic acids is 1. The lowest BCUT2D eigenvalue weighted by molar-refractivity contribution is -0.131. The Morgan fingerprint density at radius 3 is 2.84 bits per heavy atom. The van der Waals surface area contributed by atoms with Crippen LogP contribution in [0.1, 0.15) is 37.5 Å². The standard InChI is InChI=1S/C16H18O2S/c1-2-3-4-7-12(10-15(17)18)16-14-9-6-5-8-13(14)11-19-16/h5-6,8-11H,2-4,7H2,1H3,(H,17,18). The number of hydrogen-bond donors (Lipinski definition) is 1. The zero-order chi connectivity index (χ0) is 13.7. The van der Waals surface area contributed by atoms with Gasteiger partial charge in [-0.25, -0.2) is 4.79 Å². The minimum atomic E-state index is -0.857. The Kier molecular flexibility index (Phi) is 4.74. The molecule has 3 heteroatoms. The summed E-state index contributed by atoms with van der Waals surface area (Å²) in [5.74, 6) is -0.857. The van der Waals surface area contributed by atoms with Gasteiger partial charge >= 0.3 is 5.97 Å². The molecule has 0 amide bonds. The summed E-state index contributed by atoms with van der Waals surface area (Å²) in [6.07, 6.45) is 5.53. The molecule has 0 aliphatic carbocycles. The van der Waals surface area contributed by atoms with Crippen LogP contribution in [0.25, 0.3) is 16.3 Å². The normalized spacial score (nSPS) is 11.9. The van der Waals surface area contributed by atoms with Gasteiger partial charge in [-0.15, -0.1) is 11.3 Å². The zero-order valence-corrected chi connectivity index (χ0v) is 11.9.